The van der Waals surface area contributed by atoms with Gasteiger partial charge >= 0.3 is 46.1 Å². The van der Waals surface area contributed by atoms with Crippen LogP contribution in [0.25, 0.3) is 0 Å². The molecule has 0 fully saturated rings. The molecule has 0 heterocycles. The molecular formula is C6Br2Cl4Mg2. The van der Waals surface area contributed by atoms with Gasteiger partial charge in [0.1, 0.15) is 0 Å². The molecule has 0 aliphatic heterocycles. The van der Waals surface area contributed by atoms with Crippen LogP contribution in [0, 0.1) is 12.1 Å². The number of rotatable bonds is 0. The summed E-state index contributed by atoms with van der Waals surface area (Å²) in [5.74, 6) is 0. The first-order valence-corrected chi connectivity index (χ1v) is 3.77. The molecule has 0 saturated carbocycles. The van der Waals surface area contributed by atoms with Crippen LogP contribution in [0.2, 0.25) is 20.1 Å². The molecule has 0 aromatic heterocycles. The van der Waals surface area contributed by atoms with Crippen LogP contribution >= 0.6 is 46.4 Å². The van der Waals surface area contributed by atoms with Gasteiger partial charge in [-0.3, -0.25) is 12.1 Å². The van der Waals surface area contributed by atoms with Crippen LogP contribution in [-0.2, 0) is 0 Å². The average Bonchev–Trinajstić information content (AvgIpc) is 1.84. The van der Waals surface area contributed by atoms with Gasteiger partial charge in [0.25, 0.3) is 0 Å². The Labute approximate surface area is 156 Å². The van der Waals surface area contributed by atoms with Gasteiger partial charge in [0.15, 0.2) is 0 Å². The van der Waals surface area contributed by atoms with E-state index in [1.165, 1.54) is 0 Å². The minimum absolute atomic E-state index is 0. The molecule has 0 spiro atoms. The second kappa shape index (κ2) is 12.3. The maximum atomic E-state index is 5.52. The molecule has 1 aromatic rings. The van der Waals surface area contributed by atoms with E-state index in [4.69, 9.17) is 46.4 Å². The van der Waals surface area contributed by atoms with Crippen molar-refractivity contribution >= 4 is 92.5 Å². The Balaban J connectivity index is -0.000000125. The fourth-order valence-electron chi connectivity index (χ4n) is 0.412. The summed E-state index contributed by atoms with van der Waals surface area (Å²) in [6, 6.07) is 5.08. The summed E-state index contributed by atoms with van der Waals surface area (Å²) >= 11 is 22.1. The number of hydrogen-bond donors (Lipinski definition) is 0. The molecule has 0 atom stereocenters. The molecule has 1 rings (SSSR count). The Morgan fingerprint density at radius 1 is 0.571 bits per heavy atom. The van der Waals surface area contributed by atoms with Gasteiger partial charge in [0.2, 0.25) is 0 Å². The zero-order valence-corrected chi connectivity index (χ0v) is 15.7. The zero-order chi connectivity index (χ0) is 7.72. The number of halogens is 6. The molecule has 0 unspecified atom stereocenters. The standard InChI is InChI=1S/C6Cl4.2BrH.2Mg/c7-3-1-4(8)6(10)2-5(3)9;;;;/h;2*1H;;/q-2;;;2*+2/p-2. The SMILES string of the molecule is Clc1[c-]c(Cl)c(Cl)[c-]c1Cl.[Br-].[Br-].[Mg+2].[Mg+2]. The predicted molar refractivity (Wildman–Crippen MR) is 55.7 cm³/mol. The van der Waals surface area contributed by atoms with Gasteiger partial charge < -0.3 is 34.0 Å². The second-order valence-electron chi connectivity index (χ2n) is 1.51. The minimum Gasteiger partial charge on any atom is -1.00 e. The van der Waals surface area contributed by atoms with Crippen molar-refractivity contribution in [3.63, 3.8) is 0 Å². The van der Waals surface area contributed by atoms with Crippen molar-refractivity contribution in [3.8, 4) is 0 Å². The van der Waals surface area contributed by atoms with E-state index in [9.17, 15) is 0 Å². The molecule has 0 radical (unpaired) electrons. The maximum absolute atomic E-state index is 5.52. The van der Waals surface area contributed by atoms with Gasteiger partial charge in [0, 0.05) is 0 Å². The Kier molecular flexibility index (Phi) is 22.6. The van der Waals surface area contributed by atoms with Crippen LogP contribution in [0.4, 0.5) is 0 Å². The van der Waals surface area contributed by atoms with Gasteiger partial charge in [-0.2, -0.15) is 66.5 Å². The normalized spacial score (nSPS) is 7.14. The van der Waals surface area contributed by atoms with Gasteiger partial charge in [-0.25, -0.2) is 0 Å². The van der Waals surface area contributed by atoms with Crippen molar-refractivity contribution in [1.82, 2.24) is 0 Å². The van der Waals surface area contributed by atoms with E-state index in [1.807, 2.05) is 0 Å². The number of benzene rings is 1. The van der Waals surface area contributed by atoms with Crippen LogP contribution in [0.1, 0.15) is 0 Å². The fourth-order valence-corrected chi connectivity index (χ4v) is 1.08. The molecule has 1 aromatic carbocycles. The average molecular weight is 422 g/mol. The molecule has 0 N–H and O–H groups in total. The molecule has 0 aliphatic carbocycles. The van der Waals surface area contributed by atoms with E-state index in [1.54, 1.807) is 0 Å². The molecule has 14 heavy (non-hydrogen) atoms. The summed E-state index contributed by atoms with van der Waals surface area (Å²) in [6.07, 6.45) is 0. The summed E-state index contributed by atoms with van der Waals surface area (Å²) in [5, 5.41) is 0.930. The van der Waals surface area contributed by atoms with Gasteiger partial charge in [-0.15, -0.1) is 0 Å². The van der Waals surface area contributed by atoms with Crippen molar-refractivity contribution < 1.29 is 34.0 Å². The van der Waals surface area contributed by atoms with E-state index in [0.29, 0.717) is 0 Å². The topological polar surface area (TPSA) is 0 Å². The van der Waals surface area contributed by atoms with Crippen molar-refractivity contribution in [3.05, 3.63) is 32.2 Å². The third kappa shape index (κ3) is 8.04. The molecule has 70 valence electrons. The monoisotopic (exact) mass is 418 g/mol. The summed E-state index contributed by atoms with van der Waals surface area (Å²) < 4.78 is 0. The van der Waals surface area contributed by atoms with Gasteiger partial charge in [-0.1, -0.05) is 0 Å². The first-order chi connectivity index (χ1) is 4.61. The maximum Gasteiger partial charge on any atom is 2.00 e. The van der Waals surface area contributed by atoms with E-state index in [2.05, 4.69) is 12.1 Å². The first kappa shape index (κ1) is 25.7. The van der Waals surface area contributed by atoms with E-state index in [0.717, 1.165) is 0 Å². The van der Waals surface area contributed by atoms with Crippen LogP contribution in [0.5, 0.6) is 0 Å². The summed E-state index contributed by atoms with van der Waals surface area (Å²) in [6.45, 7) is 0. The molecule has 0 nitrogen and oxygen atoms in total. The van der Waals surface area contributed by atoms with Crippen molar-refractivity contribution in [2.24, 2.45) is 0 Å². The van der Waals surface area contributed by atoms with E-state index >= 15 is 0 Å². The summed E-state index contributed by atoms with van der Waals surface area (Å²) in [5.41, 5.74) is 0. The molecule has 0 aliphatic rings. The Morgan fingerprint density at radius 3 is 0.857 bits per heavy atom. The molecule has 0 saturated heterocycles. The zero-order valence-electron chi connectivity index (χ0n) is 6.68. The quantitative estimate of drug-likeness (QED) is 0.240. The Morgan fingerprint density at radius 2 is 0.714 bits per heavy atom. The second-order valence-corrected chi connectivity index (χ2v) is 3.02. The van der Waals surface area contributed by atoms with Crippen molar-refractivity contribution in [2.75, 3.05) is 0 Å². The Bertz CT molecular complexity index is 222. The van der Waals surface area contributed by atoms with Crippen LogP contribution in [0.3, 0.4) is 0 Å². The molecular weight excluding hydrogens is 422 g/mol. The first-order valence-electron chi connectivity index (χ1n) is 2.26. The summed E-state index contributed by atoms with van der Waals surface area (Å²) in [7, 11) is 0. The van der Waals surface area contributed by atoms with Gasteiger partial charge in [0.05, 0.1) is 0 Å². The smallest absolute Gasteiger partial charge is 1.00 e. The number of hydrogen-bond acceptors (Lipinski definition) is 0. The largest absolute Gasteiger partial charge is 2.00 e. The van der Waals surface area contributed by atoms with E-state index < -0.39 is 0 Å². The van der Waals surface area contributed by atoms with Crippen LogP contribution in [-0.4, -0.2) is 46.1 Å². The molecule has 8 heteroatoms. The van der Waals surface area contributed by atoms with E-state index in [-0.39, 0.29) is 100 Å². The van der Waals surface area contributed by atoms with Crippen molar-refractivity contribution in [2.45, 2.75) is 0 Å². The minimum atomic E-state index is 0. The predicted octanol–water partition coefficient (Wildman–Crippen LogP) is -2.85. The van der Waals surface area contributed by atoms with Gasteiger partial charge in [-0.05, 0) is 0 Å². The molecule has 0 bridgehead atoms. The Hall–Kier alpha value is 2.87. The van der Waals surface area contributed by atoms with Crippen LogP contribution in [0.15, 0.2) is 0 Å². The summed E-state index contributed by atoms with van der Waals surface area (Å²) in [4.78, 5) is 0. The third-order valence-corrected chi connectivity index (χ3v) is 2.15. The third-order valence-electron chi connectivity index (χ3n) is 0.824. The fraction of sp³-hybridized carbons (Fsp3) is 0. The molecule has 0 amide bonds. The van der Waals surface area contributed by atoms with Crippen LogP contribution < -0.4 is 34.0 Å². The van der Waals surface area contributed by atoms with Crippen molar-refractivity contribution in [1.29, 1.82) is 0 Å².